The van der Waals surface area contributed by atoms with Gasteiger partial charge in [-0.2, -0.15) is 8.42 Å². The molecule has 1 aromatic heterocycles. The molecule has 1 heterocycles. The number of ether oxygens (including phenoxy) is 1. The summed E-state index contributed by atoms with van der Waals surface area (Å²) in [5.41, 5.74) is 3.27. The van der Waals surface area contributed by atoms with E-state index < -0.39 is 16.1 Å². The fourth-order valence-corrected chi connectivity index (χ4v) is 5.21. The normalized spacial score (nSPS) is 12.8. The molecule has 0 aliphatic heterocycles. The van der Waals surface area contributed by atoms with Gasteiger partial charge in [0, 0.05) is 29.9 Å². The molecular weight excluding hydrogens is 486 g/mol. The van der Waals surface area contributed by atoms with Crippen molar-refractivity contribution in [3.8, 4) is 11.1 Å². The van der Waals surface area contributed by atoms with Crippen molar-refractivity contribution in [1.29, 1.82) is 0 Å². The second kappa shape index (κ2) is 11.9. The number of sulfonamides is 1. The van der Waals surface area contributed by atoms with Gasteiger partial charge in [-0.1, -0.05) is 78.3 Å². The van der Waals surface area contributed by atoms with E-state index in [2.05, 4.69) is 48.6 Å². The smallest absolute Gasteiger partial charge is 0.284 e. The van der Waals surface area contributed by atoms with Crippen molar-refractivity contribution in [2.75, 3.05) is 6.61 Å². The zero-order valence-electron chi connectivity index (χ0n) is 22.7. The fraction of sp³-hybridized carbons (Fsp3) is 0.448. The quantitative estimate of drug-likeness (QED) is 0.203. The Kier molecular flexibility index (Phi) is 9.18. The van der Waals surface area contributed by atoms with Crippen LogP contribution in [0.15, 0.2) is 64.2 Å². The van der Waals surface area contributed by atoms with Gasteiger partial charge >= 0.3 is 0 Å². The van der Waals surface area contributed by atoms with E-state index in [4.69, 9.17) is 4.74 Å². The number of imidazole rings is 1. The molecule has 0 bridgehead atoms. The molecule has 3 rings (SSSR count). The maximum absolute atomic E-state index is 13.1. The molecule has 0 spiro atoms. The third kappa shape index (κ3) is 7.68. The summed E-state index contributed by atoms with van der Waals surface area (Å²) in [6.07, 6.45) is 4.97. The van der Waals surface area contributed by atoms with E-state index >= 15 is 0 Å². The lowest BCUT2D eigenvalue weighted by Gasteiger charge is -2.20. The minimum Gasteiger partial charge on any atom is -0.600 e. The van der Waals surface area contributed by atoms with Crippen molar-refractivity contribution in [2.24, 2.45) is 10.3 Å². The van der Waals surface area contributed by atoms with Crippen molar-refractivity contribution in [2.45, 2.75) is 77.7 Å². The van der Waals surface area contributed by atoms with Gasteiger partial charge in [-0.25, -0.2) is 4.98 Å². The molecule has 2 aromatic carbocycles. The van der Waals surface area contributed by atoms with Crippen LogP contribution < -0.4 is 5.11 Å². The third-order valence-electron chi connectivity index (χ3n) is 5.89. The Balaban J connectivity index is 1.97. The van der Waals surface area contributed by atoms with Crippen molar-refractivity contribution in [3.05, 3.63) is 71.8 Å². The first-order chi connectivity index (χ1) is 17.4. The predicted molar refractivity (Wildman–Crippen MR) is 146 cm³/mol. The highest BCUT2D eigenvalue weighted by molar-refractivity contribution is 7.90. The van der Waals surface area contributed by atoms with E-state index in [9.17, 15) is 13.5 Å². The molecule has 0 aliphatic carbocycles. The number of hydrogen-bond donors (Lipinski definition) is 0. The summed E-state index contributed by atoms with van der Waals surface area (Å²) in [5, 5.41) is 12.1. The van der Waals surface area contributed by atoms with Crippen LogP contribution in [0.5, 0.6) is 0 Å². The molecule has 0 saturated carbocycles. The van der Waals surface area contributed by atoms with Crippen LogP contribution in [0.3, 0.4) is 0 Å². The van der Waals surface area contributed by atoms with Crippen LogP contribution in [0.25, 0.3) is 11.1 Å². The molecule has 8 heteroatoms. The summed E-state index contributed by atoms with van der Waals surface area (Å²) >= 11 is 0. The Morgan fingerprint density at radius 2 is 1.78 bits per heavy atom. The van der Waals surface area contributed by atoms with Gasteiger partial charge < -0.3 is 14.4 Å². The predicted octanol–water partition coefficient (Wildman–Crippen LogP) is 5.32. The van der Waals surface area contributed by atoms with Gasteiger partial charge in [0.1, 0.15) is 5.82 Å². The average Bonchev–Trinajstić information content (AvgIpc) is 3.28. The maximum atomic E-state index is 13.1. The molecule has 0 amide bonds. The van der Waals surface area contributed by atoms with Crippen molar-refractivity contribution in [3.63, 3.8) is 0 Å². The second-order valence-corrected chi connectivity index (χ2v) is 12.4. The Bertz CT molecular complexity index is 1320. The lowest BCUT2D eigenvalue weighted by atomic mass is 9.95. The number of unbranched alkanes of at least 4 members (excludes halogenated alkanes) is 1. The average molecular weight is 525 g/mol. The monoisotopic (exact) mass is 524 g/mol. The SMILES string of the molecule is CCCCO/C([O-])=N/S(=O)(=O)c1ccc(CC(C)C)cc1-c1ccc(Cn2ccnc2C(C)(C)C)cc1. The second-order valence-electron chi connectivity index (χ2n) is 10.8. The van der Waals surface area contributed by atoms with Crippen LogP contribution in [0.4, 0.5) is 0 Å². The molecular formula is C29H38N3O4S-. The van der Waals surface area contributed by atoms with Crippen LogP contribution in [0.2, 0.25) is 0 Å². The van der Waals surface area contributed by atoms with E-state index in [-0.39, 0.29) is 16.9 Å². The van der Waals surface area contributed by atoms with E-state index in [1.54, 1.807) is 12.1 Å². The van der Waals surface area contributed by atoms with Crippen LogP contribution in [0, 0.1) is 5.92 Å². The van der Waals surface area contributed by atoms with Crippen molar-refractivity contribution in [1.82, 2.24) is 9.55 Å². The molecule has 7 nitrogen and oxygen atoms in total. The summed E-state index contributed by atoms with van der Waals surface area (Å²) in [7, 11) is -4.26. The van der Waals surface area contributed by atoms with Gasteiger partial charge in [0.2, 0.25) is 0 Å². The van der Waals surface area contributed by atoms with Crippen LogP contribution >= 0.6 is 0 Å². The molecule has 0 atom stereocenters. The van der Waals surface area contributed by atoms with Gasteiger partial charge in [0.05, 0.1) is 4.90 Å². The van der Waals surface area contributed by atoms with Gasteiger partial charge in [-0.15, -0.1) is 4.40 Å². The minimum absolute atomic E-state index is 0.00942. The Labute approximate surface area is 221 Å². The first-order valence-electron chi connectivity index (χ1n) is 12.8. The van der Waals surface area contributed by atoms with Crippen LogP contribution in [0.1, 0.15) is 71.3 Å². The Morgan fingerprint density at radius 1 is 1.11 bits per heavy atom. The molecule has 0 radical (unpaired) electrons. The molecule has 0 saturated heterocycles. The van der Waals surface area contributed by atoms with E-state index in [1.807, 2.05) is 49.6 Å². The first kappa shape index (κ1) is 28.4. The number of aromatic nitrogens is 2. The number of nitrogens with zero attached hydrogens (tertiary/aromatic N) is 3. The molecule has 0 fully saturated rings. The van der Waals surface area contributed by atoms with E-state index in [0.717, 1.165) is 35.4 Å². The molecule has 200 valence electrons. The highest BCUT2D eigenvalue weighted by atomic mass is 32.2. The third-order valence-corrected chi connectivity index (χ3v) is 7.19. The topological polar surface area (TPSA) is 96.6 Å². The molecule has 0 unspecified atom stereocenters. The van der Waals surface area contributed by atoms with Crippen LogP contribution in [-0.2, 0) is 33.1 Å². The number of benzene rings is 2. The highest BCUT2D eigenvalue weighted by Crippen LogP contribution is 2.31. The number of rotatable bonds is 10. The Hall–Kier alpha value is -3.13. The first-order valence-corrected chi connectivity index (χ1v) is 14.2. The van der Waals surface area contributed by atoms with Crippen LogP contribution in [-0.4, -0.2) is 30.7 Å². The Morgan fingerprint density at radius 3 is 2.41 bits per heavy atom. The van der Waals surface area contributed by atoms with Gasteiger partial charge in [0.25, 0.3) is 10.0 Å². The molecule has 0 N–H and O–H groups in total. The van der Waals surface area contributed by atoms with Crippen molar-refractivity contribution < 1.29 is 18.3 Å². The summed E-state index contributed by atoms with van der Waals surface area (Å²) in [6.45, 7) is 13.4. The number of hydrogen-bond acceptors (Lipinski definition) is 5. The zero-order valence-corrected chi connectivity index (χ0v) is 23.5. The maximum Gasteiger partial charge on any atom is 0.284 e. The standard InChI is InChI=1S/C29H39N3O4S/c1-7-8-17-36-28(33)31-37(34,35)26-14-11-23(18-21(2)3)19-25(26)24-12-9-22(10-13-24)20-32-16-15-30-27(32)29(4,5)6/h9-16,19,21H,7-8,17-18,20H2,1-6H3,(H,31,33)/p-1. The lowest BCUT2D eigenvalue weighted by Crippen LogP contribution is -2.23. The lowest BCUT2D eigenvalue weighted by molar-refractivity contribution is -0.249. The molecule has 37 heavy (non-hydrogen) atoms. The molecule has 3 aromatic rings. The highest BCUT2D eigenvalue weighted by Gasteiger charge is 2.21. The van der Waals surface area contributed by atoms with Gasteiger partial charge in [0.15, 0.2) is 6.08 Å². The van der Waals surface area contributed by atoms with Gasteiger partial charge in [-0.05, 0) is 54.2 Å². The molecule has 0 aliphatic rings. The van der Waals surface area contributed by atoms with E-state index in [0.29, 0.717) is 24.4 Å². The summed E-state index contributed by atoms with van der Waals surface area (Å²) < 4.78 is 36.8. The largest absolute Gasteiger partial charge is 0.600 e. The van der Waals surface area contributed by atoms with E-state index in [1.165, 1.54) is 0 Å². The summed E-state index contributed by atoms with van der Waals surface area (Å²) in [4.78, 5) is 4.51. The van der Waals surface area contributed by atoms with Gasteiger partial charge in [-0.3, -0.25) is 0 Å². The zero-order chi connectivity index (χ0) is 27.2. The fourth-order valence-electron chi connectivity index (χ4n) is 4.17. The summed E-state index contributed by atoms with van der Waals surface area (Å²) in [6, 6.07) is 13.0. The van der Waals surface area contributed by atoms with Crippen molar-refractivity contribution >= 4 is 16.1 Å². The minimum atomic E-state index is -4.26. The summed E-state index contributed by atoms with van der Waals surface area (Å²) in [5.74, 6) is 1.40.